The van der Waals surface area contributed by atoms with Crippen LogP contribution in [0, 0.1) is 11.6 Å². The zero-order valence-corrected chi connectivity index (χ0v) is 15.4. The second-order valence-electron chi connectivity index (χ2n) is 6.11. The minimum absolute atomic E-state index is 0.160. The summed E-state index contributed by atoms with van der Waals surface area (Å²) in [6.45, 7) is -0.438. The molecule has 0 amide bonds. The van der Waals surface area contributed by atoms with E-state index in [2.05, 4.69) is 4.99 Å². The van der Waals surface area contributed by atoms with Crippen molar-refractivity contribution in [2.75, 3.05) is 11.6 Å². The van der Waals surface area contributed by atoms with Crippen LogP contribution in [0.1, 0.15) is 11.1 Å². The number of fused-ring (bicyclic) bond motifs is 1. The van der Waals surface area contributed by atoms with Crippen molar-refractivity contribution in [1.82, 2.24) is 0 Å². The molecule has 0 saturated carbocycles. The molecule has 4 nitrogen and oxygen atoms in total. The van der Waals surface area contributed by atoms with Crippen LogP contribution in [-0.2, 0) is 6.61 Å². The van der Waals surface area contributed by atoms with Crippen molar-refractivity contribution >= 4 is 40.4 Å². The van der Waals surface area contributed by atoms with Gasteiger partial charge in [-0.1, -0.05) is 23.7 Å². The number of amidine groups is 1. The monoisotopic (exact) mass is 408 g/mol. The zero-order valence-electron chi connectivity index (χ0n) is 13.9. The SMILES string of the molecule is OCc1c(F)ccc(N2C=CC3=NC(c4ccc(Cl)cc4)=C(Cl)[NH+]3C2)c1F. The van der Waals surface area contributed by atoms with Crippen molar-refractivity contribution in [3.63, 3.8) is 0 Å². The smallest absolute Gasteiger partial charge is 0.235 e. The molecule has 0 saturated heterocycles. The van der Waals surface area contributed by atoms with Gasteiger partial charge in [-0.3, -0.25) is 4.90 Å². The lowest BCUT2D eigenvalue weighted by molar-refractivity contribution is -0.749. The molecule has 2 heterocycles. The minimum atomic E-state index is -0.792. The largest absolute Gasteiger partial charge is 0.391 e. The van der Waals surface area contributed by atoms with E-state index < -0.39 is 18.2 Å². The maximum Gasteiger partial charge on any atom is 0.235 e. The first-order valence-corrected chi connectivity index (χ1v) is 8.88. The van der Waals surface area contributed by atoms with E-state index in [0.717, 1.165) is 16.5 Å². The predicted molar refractivity (Wildman–Crippen MR) is 101 cm³/mol. The van der Waals surface area contributed by atoms with Gasteiger partial charge in [0.25, 0.3) is 0 Å². The van der Waals surface area contributed by atoms with Crippen LogP contribution in [0.15, 0.2) is 58.8 Å². The number of nitrogens with zero attached hydrogens (tertiary/aromatic N) is 2. The molecule has 1 atom stereocenters. The van der Waals surface area contributed by atoms with Crippen molar-refractivity contribution in [3.05, 3.63) is 81.6 Å². The van der Waals surface area contributed by atoms with Crippen LogP contribution in [0.25, 0.3) is 5.70 Å². The van der Waals surface area contributed by atoms with Gasteiger partial charge in [0.05, 0.1) is 17.9 Å². The fourth-order valence-electron chi connectivity index (χ4n) is 3.08. The van der Waals surface area contributed by atoms with Crippen molar-refractivity contribution in [2.24, 2.45) is 4.99 Å². The number of quaternary nitrogens is 1. The number of benzene rings is 2. The Labute approximate surface area is 164 Å². The van der Waals surface area contributed by atoms with Gasteiger partial charge in [0.2, 0.25) is 11.0 Å². The first-order valence-electron chi connectivity index (χ1n) is 8.13. The molecule has 0 radical (unpaired) electrons. The van der Waals surface area contributed by atoms with Crippen LogP contribution in [-0.4, -0.2) is 17.6 Å². The number of aliphatic imine (C=N–C) groups is 1. The normalized spacial score (nSPS) is 18.8. The van der Waals surface area contributed by atoms with Crippen LogP contribution in [0.3, 0.4) is 0 Å². The molecule has 138 valence electrons. The molecule has 2 aliphatic rings. The van der Waals surface area contributed by atoms with Gasteiger partial charge in [-0.2, -0.15) is 4.99 Å². The molecule has 0 spiro atoms. The Bertz CT molecular complexity index is 1000. The van der Waals surface area contributed by atoms with Crippen LogP contribution in [0.2, 0.25) is 5.02 Å². The first-order chi connectivity index (χ1) is 13.0. The van der Waals surface area contributed by atoms with Crippen LogP contribution in [0.4, 0.5) is 14.5 Å². The van der Waals surface area contributed by atoms with Gasteiger partial charge in [-0.15, -0.1) is 0 Å². The van der Waals surface area contributed by atoms with Gasteiger partial charge in [0.15, 0.2) is 18.2 Å². The molecule has 1 unspecified atom stereocenters. The molecule has 0 aromatic heterocycles. The lowest BCUT2D eigenvalue weighted by Gasteiger charge is -2.27. The summed E-state index contributed by atoms with van der Waals surface area (Å²) in [5.74, 6) is -0.872. The van der Waals surface area contributed by atoms with E-state index in [-0.39, 0.29) is 17.9 Å². The van der Waals surface area contributed by atoms with Crippen molar-refractivity contribution in [3.8, 4) is 0 Å². The van der Waals surface area contributed by atoms with Crippen molar-refractivity contribution < 1.29 is 18.8 Å². The zero-order chi connectivity index (χ0) is 19.1. The Balaban J connectivity index is 1.67. The topological polar surface area (TPSA) is 40.3 Å². The van der Waals surface area contributed by atoms with E-state index in [0.29, 0.717) is 21.7 Å². The maximum atomic E-state index is 14.6. The summed E-state index contributed by atoms with van der Waals surface area (Å²) in [7, 11) is 0. The van der Waals surface area contributed by atoms with E-state index in [1.165, 1.54) is 6.07 Å². The van der Waals surface area contributed by atoms with Gasteiger partial charge < -0.3 is 5.11 Å². The molecule has 0 aliphatic carbocycles. The summed E-state index contributed by atoms with van der Waals surface area (Å²) < 4.78 is 28.2. The van der Waals surface area contributed by atoms with E-state index >= 15 is 0 Å². The first kappa shape index (κ1) is 18.1. The van der Waals surface area contributed by atoms with Gasteiger partial charge in [-0.25, -0.2) is 13.7 Å². The highest BCUT2D eigenvalue weighted by atomic mass is 35.5. The molecule has 27 heavy (non-hydrogen) atoms. The predicted octanol–water partition coefficient (Wildman–Crippen LogP) is 3.26. The maximum absolute atomic E-state index is 14.6. The Hall–Kier alpha value is -2.25. The second-order valence-corrected chi connectivity index (χ2v) is 6.92. The standard InChI is InChI=1S/C19H13Cl2F2N3O/c20-12-3-1-11(2-4-12)18-19(21)26-10-25(8-7-16(26)24-18)15-6-5-14(22)13(9-27)17(15)23/h1-8,27H,9-10H2/p+1. The van der Waals surface area contributed by atoms with Crippen molar-refractivity contribution in [1.29, 1.82) is 0 Å². The molecule has 4 rings (SSSR count). The van der Waals surface area contributed by atoms with E-state index in [1.807, 2.05) is 12.1 Å². The highest BCUT2D eigenvalue weighted by Crippen LogP contribution is 2.28. The van der Waals surface area contributed by atoms with Crippen molar-refractivity contribution in [2.45, 2.75) is 6.61 Å². The summed E-state index contributed by atoms with van der Waals surface area (Å²) >= 11 is 12.5. The summed E-state index contributed by atoms with van der Waals surface area (Å²) in [4.78, 5) is 6.92. The van der Waals surface area contributed by atoms with Crippen LogP contribution >= 0.6 is 23.2 Å². The van der Waals surface area contributed by atoms with Gasteiger partial charge in [0.1, 0.15) is 5.82 Å². The average Bonchev–Trinajstić information content (AvgIpc) is 2.99. The lowest BCUT2D eigenvalue weighted by atomic mass is 10.1. The number of hydrogen-bond acceptors (Lipinski definition) is 3. The molecular formula is C19H14Cl2F2N3O+. The number of rotatable bonds is 3. The van der Waals surface area contributed by atoms with Gasteiger partial charge in [-0.05, 0) is 35.9 Å². The number of halogens is 4. The fraction of sp³-hybridized carbons (Fsp3) is 0.105. The Morgan fingerprint density at radius 1 is 1.11 bits per heavy atom. The highest BCUT2D eigenvalue weighted by Gasteiger charge is 2.35. The number of nitrogens with one attached hydrogen (secondary N) is 1. The summed E-state index contributed by atoms with van der Waals surface area (Å²) in [6.07, 6.45) is 3.39. The van der Waals surface area contributed by atoms with Crippen LogP contribution < -0.4 is 9.80 Å². The third kappa shape index (κ3) is 3.15. The van der Waals surface area contributed by atoms with Gasteiger partial charge in [0, 0.05) is 22.9 Å². The molecular weight excluding hydrogens is 395 g/mol. The molecule has 2 aliphatic heterocycles. The molecule has 2 aromatic rings. The lowest BCUT2D eigenvalue weighted by Crippen LogP contribution is -3.13. The minimum Gasteiger partial charge on any atom is -0.391 e. The molecule has 0 bridgehead atoms. The Kier molecular flexibility index (Phi) is 4.74. The van der Waals surface area contributed by atoms with E-state index in [9.17, 15) is 13.9 Å². The molecule has 0 fully saturated rings. The van der Waals surface area contributed by atoms with E-state index in [1.54, 1.807) is 29.3 Å². The fourth-order valence-corrected chi connectivity index (χ4v) is 3.51. The third-order valence-corrected chi connectivity index (χ3v) is 5.17. The average molecular weight is 409 g/mol. The number of hydrogen-bond donors (Lipinski definition) is 2. The Morgan fingerprint density at radius 3 is 2.56 bits per heavy atom. The summed E-state index contributed by atoms with van der Waals surface area (Å²) in [6, 6.07) is 9.65. The molecule has 2 N–H and O–H groups in total. The highest BCUT2D eigenvalue weighted by molar-refractivity contribution is 6.33. The summed E-state index contributed by atoms with van der Waals surface area (Å²) in [5, 5.41) is 10.3. The second kappa shape index (κ2) is 7.05. The number of aliphatic hydroxyl groups is 1. The number of aliphatic hydroxyl groups excluding tert-OH is 1. The molecule has 8 heteroatoms. The van der Waals surface area contributed by atoms with Crippen LogP contribution in [0.5, 0.6) is 0 Å². The number of anilines is 1. The molecule has 2 aromatic carbocycles. The summed E-state index contributed by atoms with van der Waals surface area (Å²) in [5.41, 5.74) is 1.25. The quantitative estimate of drug-likeness (QED) is 0.765. The Morgan fingerprint density at radius 2 is 1.85 bits per heavy atom. The third-order valence-electron chi connectivity index (χ3n) is 4.51. The van der Waals surface area contributed by atoms with E-state index in [4.69, 9.17) is 23.2 Å². The van der Waals surface area contributed by atoms with Gasteiger partial charge >= 0.3 is 0 Å².